The van der Waals surface area contributed by atoms with Crippen molar-refractivity contribution in [3.05, 3.63) is 35.7 Å². The van der Waals surface area contributed by atoms with Crippen molar-refractivity contribution in [3.8, 4) is 11.4 Å². The zero-order valence-electron chi connectivity index (χ0n) is 11.8. The third kappa shape index (κ3) is 2.46. The lowest BCUT2D eigenvalue weighted by atomic mass is 10.1. The van der Waals surface area contributed by atoms with Gasteiger partial charge in [0.2, 0.25) is 11.7 Å². The van der Waals surface area contributed by atoms with Gasteiger partial charge in [0.25, 0.3) is 0 Å². The van der Waals surface area contributed by atoms with Crippen molar-refractivity contribution in [1.82, 2.24) is 15.0 Å². The van der Waals surface area contributed by atoms with Gasteiger partial charge in [-0.05, 0) is 25.8 Å². The number of likely N-dealkylation sites (tertiary alicyclic amines) is 1. The van der Waals surface area contributed by atoms with Crippen LogP contribution in [0.15, 0.2) is 28.8 Å². The number of β-amino-alcohol motifs (C(OH)–C–C–N with tert-alkyl or cyclic N) is 1. The van der Waals surface area contributed by atoms with Crippen LogP contribution >= 0.6 is 0 Å². The van der Waals surface area contributed by atoms with E-state index in [1.54, 1.807) is 0 Å². The van der Waals surface area contributed by atoms with Gasteiger partial charge in [-0.1, -0.05) is 29.4 Å². The monoisotopic (exact) mass is 273 g/mol. The van der Waals surface area contributed by atoms with Crippen LogP contribution in [-0.4, -0.2) is 39.3 Å². The summed E-state index contributed by atoms with van der Waals surface area (Å²) in [5.74, 6) is 1.24. The van der Waals surface area contributed by atoms with Gasteiger partial charge in [0.05, 0.1) is 12.1 Å². The van der Waals surface area contributed by atoms with Crippen LogP contribution in [0.2, 0.25) is 0 Å². The maximum Gasteiger partial charge on any atom is 0.244 e. The summed E-state index contributed by atoms with van der Waals surface area (Å²) < 4.78 is 5.40. The lowest BCUT2D eigenvalue weighted by molar-refractivity contribution is 0.151. The van der Waals surface area contributed by atoms with Gasteiger partial charge in [0.1, 0.15) is 0 Å². The van der Waals surface area contributed by atoms with Crippen molar-refractivity contribution in [2.45, 2.75) is 32.4 Å². The molecule has 1 aromatic heterocycles. The van der Waals surface area contributed by atoms with E-state index in [1.165, 1.54) is 0 Å². The Kier molecular flexibility index (Phi) is 3.54. The second-order valence-electron chi connectivity index (χ2n) is 5.38. The predicted octanol–water partition coefficient (Wildman–Crippen LogP) is 2.17. The summed E-state index contributed by atoms with van der Waals surface area (Å²) in [5.41, 5.74) is 2.13. The Morgan fingerprint density at radius 3 is 2.90 bits per heavy atom. The van der Waals surface area contributed by atoms with Crippen LogP contribution in [-0.2, 0) is 0 Å². The minimum absolute atomic E-state index is 0.0393. The number of aliphatic hydroxyl groups excluding tert-OH is 1. The molecule has 20 heavy (non-hydrogen) atoms. The Hall–Kier alpha value is -1.72. The molecule has 2 aromatic rings. The first-order chi connectivity index (χ1) is 9.65. The average molecular weight is 273 g/mol. The third-order valence-corrected chi connectivity index (χ3v) is 3.93. The number of aromatic nitrogens is 2. The Morgan fingerprint density at radius 2 is 2.20 bits per heavy atom. The van der Waals surface area contributed by atoms with Crippen molar-refractivity contribution in [2.24, 2.45) is 0 Å². The maximum atomic E-state index is 9.61. The molecule has 1 fully saturated rings. The molecule has 2 atom stereocenters. The number of aryl methyl sites for hydroxylation is 1. The second kappa shape index (κ2) is 5.34. The van der Waals surface area contributed by atoms with Gasteiger partial charge < -0.3 is 9.63 Å². The van der Waals surface area contributed by atoms with Crippen LogP contribution in [0.4, 0.5) is 0 Å². The van der Waals surface area contributed by atoms with Gasteiger partial charge in [0, 0.05) is 18.7 Å². The molecule has 0 saturated carbocycles. The Bertz CT molecular complexity index is 596. The SMILES string of the molecule is Cc1ccccc1-c1noc(C(C)N2CC[C@H](O)C2)n1. The van der Waals surface area contributed by atoms with Crippen LogP contribution in [0.5, 0.6) is 0 Å². The summed E-state index contributed by atoms with van der Waals surface area (Å²) in [6, 6.07) is 8.03. The normalized spacial score (nSPS) is 21.2. The van der Waals surface area contributed by atoms with E-state index in [9.17, 15) is 5.11 Å². The molecule has 1 aliphatic heterocycles. The van der Waals surface area contributed by atoms with Crippen molar-refractivity contribution in [1.29, 1.82) is 0 Å². The second-order valence-corrected chi connectivity index (χ2v) is 5.38. The molecule has 1 aliphatic rings. The van der Waals surface area contributed by atoms with Crippen LogP contribution in [0, 0.1) is 6.92 Å². The van der Waals surface area contributed by atoms with Gasteiger partial charge in [-0.15, -0.1) is 0 Å². The van der Waals surface area contributed by atoms with E-state index in [-0.39, 0.29) is 12.1 Å². The van der Waals surface area contributed by atoms with E-state index in [0.717, 1.165) is 24.1 Å². The molecule has 1 aromatic carbocycles. The van der Waals surface area contributed by atoms with E-state index >= 15 is 0 Å². The van der Waals surface area contributed by atoms with Crippen molar-refractivity contribution in [2.75, 3.05) is 13.1 Å². The molecule has 1 unspecified atom stereocenters. The molecule has 2 heterocycles. The van der Waals surface area contributed by atoms with E-state index < -0.39 is 0 Å². The number of hydrogen-bond acceptors (Lipinski definition) is 5. The highest BCUT2D eigenvalue weighted by Gasteiger charge is 2.28. The van der Waals surface area contributed by atoms with E-state index in [4.69, 9.17) is 4.52 Å². The molecule has 5 heteroatoms. The average Bonchev–Trinajstić information content (AvgIpc) is 3.07. The van der Waals surface area contributed by atoms with Gasteiger partial charge in [-0.25, -0.2) is 0 Å². The first-order valence-corrected chi connectivity index (χ1v) is 6.97. The molecule has 0 amide bonds. The lowest BCUT2D eigenvalue weighted by Gasteiger charge is -2.19. The number of rotatable bonds is 3. The fourth-order valence-corrected chi connectivity index (χ4v) is 2.61. The van der Waals surface area contributed by atoms with Crippen LogP contribution in [0.3, 0.4) is 0 Å². The summed E-state index contributed by atoms with van der Waals surface area (Å²) in [4.78, 5) is 6.68. The zero-order valence-corrected chi connectivity index (χ0v) is 11.8. The molecule has 0 bridgehead atoms. The topological polar surface area (TPSA) is 62.4 Å². The molecule has 1 N–H and O–H groups in total. The van der Waals surface area contributed by atoms with Crippen molar-refractivity contribution >= 4 is 0 Å². The molecule has 106 valence electrons. The van der Waals surface area contributed by atoms with Crippen LogP contribution in [0.1, 0.15) is 30.8 Å². The number of aliphatic hydroxyl groups is 1. The Balaban J connectivity index is 1.82. The first-order valence-electron chi connectivity index (χ1n) is 6.97. The van der Waals surface area contributed by atoms with Crippen LogP contribution in [0.25, 0.3) is 11.4 Å². The molecule has 0 spiro atoms. The number of hydrogen-bond donors (Lipinski definition) is 1. The highest BCUT2D eigenvalue weighted by Crippen LogP contribution is 2.26. The van der Waals surface area contributed by atoms with Gasteiger partial charge in [-0.3, -0.25) is 4.90 Å². The van der Waals surface area contributed by atoms with E-state index in [1.807, 2.05) is 38.1 Å². The predicted molar refractivity (Wildman–Crippen MR) is 75.1 cm³/mol. The zero-order chi connectivity index (χ0) is 14.1. The van der Waals surface area contributed by atoms with E-state index in [0.29, 0.717) is 18.3 Å². The van der Waals surface area contributed by atoms with Crippen molar-refractivity contribution in [3.63, 3.8) is 0 Å². The summed E-state index contributed by atoms with van der Waals surface area (Å²) in [6.07, 6.45) is 0.569. The standard InChI is InChI=1S/C15H19N3O2/c1-10-5-3-4-6-13(10)14-16-15(20-17-14)11(2)18-8-7-12(19)9-18/h3-6,11-12,19H,7-9H2,1-2H3/t11?,12-/m0/s1. The lowest BCUT2D eigenvalue weighted by Crippen LogP contribution is -2.25. The summed E-state index contributed by atoms with van der Waals surface area (Å²) in [7, 11) is 0. The largest absolute Gasteiger partial charge is 0.392 e. The van der Waals surface area contributed by atoms with Crippen LogP contribution < -0.4 is 0 Å². The van der Waals surface area contributed by atoms with Gasteiger partial charge in [-0.2, -0.15) is 4.98 Å². The highest BCUT2D eigenvalue weighted by molar-refractivity contribution is 5.58. The minimum atomic E-state index is -0.240. The molecular formula is C15H19N3O2. The molecular weight excluding hydrogens is 254 g/mol. The molecule has 5 nitrogen and oxygen atoms in total. The quantitative estimate of drug-likeness (QED) is 0.928. The number of nitrogens with zero attached hydrogens (tertiary/aromatic N) is 3. The molecule has 1 saturated heterocycles. The smallest absolute Gasteiger partial charge is 0.244 e. The fourth-order valence-electron chi connectivity index (χ4n) is 2.61. The third-order valence-electron chi connectivity index (χ3n) is 3.93. The van der Waals surface area contributed by atoms with Gasteiger partial charge in [0.15, 0.2) is 0 Å². The van der Waals surface area contributed by atoms with E-state index in [2.05, 4.69) is 15.0 Å². The summed E-state index contributed by atoms with van der Waals surface area (Å²) in [6.45, 7) is 5.60. The number of benzene rings is 1. The minimum Gasteiger partial charge on any atom is -0.392 e. The Morgan fingerprint density at radius 1 is 1.40 bits per heavy atom. The Labute approximate surface area is 118 Å². The first kappa shape index (κ1) is 13.3. The molecule has 0 radical (unpaired) electrons. The summed E-state index contributed by atoms with van der Waals surface area (Å²) in [5, 5.41) is 13.7. The summed E-state index contributed by atoms with van der Waals surface area (Å²) >= 11 is 0. The highest BCUT2D eigenvalue weighted by atomic mass is 16.5. The molecule has 3 rings (SSSR count). The maximum absolute atomic E-state index is 9.61. The van der Waals surface area contributed by atoms with Gasteiger partial charge >= 0.3 is 0 Å². The van der Waals surface area contributed by atoms with Crippen molar-refractivity contribution < 1.29 is 9.63 Å². The molecule has 0 aliphatic carbocycles. The fraction of sp³-hybridized carbons (Fsp3) is 0.467.